The number of aromatic nitrogens is 2. The van der Waals surface area contributed by atoms with Gasteiger partial charge in [0.15, 0.2) is 11.4 Å². The lowest BCUT2D eigenvalue weighted by molar-refractivity contribution is 0.0724. The quantitative estimate of drug-likeness (QED) is 0.890. The van der Waals surface area contributed by atoms with Crippen molar-refractivity contribution in [2.24, 2.45) is 0 Å². The van der Waals surface area contributed by atoms with E-state index in [1.54, 1.807) is 35.6 Å². The Labute approximate surface area is 153 Å². The normalized spacial score (nSPS) is 13.4. The highest BCUT2D eigenvalue weighted by Gasteiger charge is 2.22. The molecular weight excluding hydrogens is 351 g/mol. The standard InChI is InChI=1S/C16H18N4O2.2ClH/c21-16(20-10-8-18-9-11-20)15-14(2-1-5-19-15)22-12-13-3-6-17-7-4-13;;/h1-7,18H,8-12H2;2*1H. The summed E-state index contributed by atoms with van der Waals surface area (Å²) < 4.78 is 5.78. The topological polar surface area (TPSA) is 67.3 Å². The number of nitrogens with zero attached hydrogens (tertiary/aromatic N) is 3. The fourth-order valence-corrected chi connectivity index (χ4v) is 2.33. The van der Waals surface area contributed by atoms with E-state index in [-0.39, 0.29) is 30.7 Å². The van der Waals surface area contributed by atoms with Crippen LogP contribution in [0.25, 0.3) is 0 Å². The van der Waals surface area contributed by atoms with Crippen molar-refractivity contribution < 1.29 is 9.53 Å². The first-order valence-electron chi connectivity index (χ1n) is 7.31. The van der Waals surface area contributed by atoms with Gasteiger partial charge in [-0.1, -0.05) is 0 Å². The van der Waals surface area contributed by atoms with Gasteiger partial charge in [0.05, 0.1) is 0 Å². The van der Waals surface area contributed by atoms with Crippen molar-refractivity contribution in [3.8, 4) is 5.75 Å². The van der Waals surface area contributed by atoms with Crippen molar-refractivity contribution in [2.45, 2.75) is 6.61 Å². The number of ether oxygens (including phenoxy) is 1. The van der Waals surface area contributed by atoms with E-state index in [0.29, 0.717) is 31.1 Å². The van der Waals surface area contributed by atoms with Gasteiger partial charge in [0.1, 0.15) is 6.61 Å². The molecule has 0 radical (unpaired) electrons. The Morgan fingerprint density at radius 2 is 1.83 bits per heavy atom. The predicted molar refractivity (Wildman–Crippen MR) is 96.1 cm³/mol. The van der Waals surface area contributed by atoms with Crippen molar-refractivity contribution >= 4 is 30.7 Å². The first-order chi connectivity index (χ1) is 10.8. The van der Waals surface area contributed by atoms with Crippen LogP contribution in [0.15, 0.2) is 42.9 Å². The summed E-state index contributed by atoms with van der Waals surface area (Å²) in [7, 11) is 0. The van der Waals surface area contributed by atoms with Crippen LogP contribution in [0.1, 0.15) is 16.1 Å². The third-order valence-electron chi connectivity index (χ3n) is 3.52. The molecule has 6 nitrogen and oxygen atoms in total. The maximum atomic E-state index is 12.6. The minimum absolute atomic E-state index is 0. The maximum Gasteiger partial charge on any atom is 0.276 e. The summed E-state index contributed by atoms with van der Waals surface area (Å²) in [6.45, 7) is 3.39. The molecule has 0 spiro atoms. The highest BCUT2D eigenvalue weighted by atomic mass is 35.5. The van der Waals surface area contributed by atoms with Gasteiger partial charge in [0.25, 0.3) is 5.91 Å². The molecule has 1 amide bonds. The molecule has 8 heteroatoms. The van der Waals surface area contributed by atoms with Crippen LogP contribution in [0.2, 0.25) is 0 Å². The molecule has 3 heterocycles. The molecule has 3 rings (SSSR count). The first-order valence-corrected chi connectivity index (χ1v) is 7.31. The van der Waals surface area contributed by atoms with E-state index >= 15 is 0 Å². The van der Waals surface area contributed by atoms with E-state index < -0.39 is 0 Å². The van der Waals surface area contributed by atoms with Crippen LogP contribution < -0.4 is 10.1 Å². The number of piperazine rings is 1. The van der Waals surface area contributed by atoms with E-state index in [1.165, 1.54) is 0 Å². The minimum Gasteiger partial charge on any atom is -0.486 e. The van der Waals surface area contributed by atoms with E-state index in [0.717, 1.165) is 18.7 Å². The van der Waals surface area contributed by atoms with Crippen LogP contribution >= 0.6 is 24.8 Å². The molecule has 2 aromatic rings. The van der Waals surface area contributed by atoms with Crippen molar-refractivity contribution in [1.82, 2.24) is 20.2 Å². The summed E-state index contributed by atoms with van der Waals surface area (Å²) in [6.07, 6.45) is 5.05. The van der Waals surface area contributed by atoms with Gasteiger partial charge in [-0.05, 0) is 29.8 Å². The predicted octanol–water partition coefficient (Wildman–Crippen LogP) is 1.94. The van der Waals surface area contributed by atoms with Gasteiger partial charge in [0.2, 0.25) is 0 Å². The van der Waals surface area contributed by atoms with Crippen molar-refractivity contribution in [3.05, 3.63) is 54.1 Å². The Balaban J connectivity index is 0.00000144. The number of carbonyl (C=O) groups excluding carboxylic acids is 1. The molecule has 0 aliphatic carbocycles. The molecular formula is C16H20Cl2N4O2. The Kier molecular flexibility index (Phi) is 8.46. The largest absolute Gasteiger partial charge is 0.486 e. The lowest BCUT2D eigenvalue weighted by atomic mass is 10.2. The molecule has 0 aromatic carbocycles. The first kappa shape index (κ1) is 20.2. The van der Waals surface area contributed by atoms with Gasteiger partial charge in [-0.25, -0.2) is 4.98 Å². The average molecular weight is 371 g/mol. The summed E-state index contributed by atoms with van der Waals surface area (Å²) in [5.74, 6) is 0.440. The zero-order valence-corrected chi connectivity index (χ0v) is 14.7. The smallest absolute Gasteiger partial charge is 0.276 e. The number of halogens is 2. The van der Waals surface area contributed by atoms with Gasteiger partial charge in [-0.2, -0.15) is 0 Å². The van der Waals surface area contributed by atoms with Gasteiger partial charge >= 0.3 is 0 Å². The van der Waals surface area contributed by atoms with Crippen molar-refractivity contribution in [3.63, 3.8) is 0 Å². The third kappa shape index (κ3) is 5.06. The van der Waals surface area contributed by atoms with Crippen LogP contribution in [0, 0.1) is 0 Å². The van der Waals surface area contributed by atoms with Gasteiger partial charge < -0.3 is 15.0 Å². The zero-order chi connectivity index (χ0) is 15.2. The molecule has 1 fully saturated rings. The maximum absolute atomic E-state index is 12.6. The summed E-state index contributed by atoms with van der Waals surface area (Å²) in [5.41, 5.74) is 1.37. The van der Waals surface area contributed by atoms with E-state index in [9.17, 15) is 4.79 Å². The molecule has 130 valence electrons. The van der Waals surface area contributed by atoms with Crippen molar-refractivity contribution in [1.29, 1.82) is 0 Å². The highest BCUT2D eigenvalue weighted by Crippen LogP contribution is 2.19. The fraction of sp³-hybridized carbons (Fsp3) is 0.312. The van der Waals surface area contributed by atoms with Gasteiger partial charge in [-0.3, -0.25) is 9.78 Å². The van der Waals surface area contributed by atoms with Crippen LogP contribution in [-0.2, 0) is 6.61 Å². The molecule has 1 N–H and O–H groups in total. The van der Waals surface area contributed by atoms with E-state index in [2.05, 4.69) is 15.3 Å². The molecule has 1 aliphatic rings. The molecule has 0 saturated carbocycles. The summed E-state index contributed by atoms with van der Waals surface area (Å²) in [5, 5.41) is 3.23. The van der Waals surface area contributed by atoms with Gasteiger partial charge in [-0.15, -0.1) is 24.8 Å². The Morgan fingerprint density at radius 3 is 2.54 bits per heavy atom. The second-order valence-electron chi connectivity index (χ2n) is 5.04. The summed E-state index contributed by atoms with van der Waals surface area (Å²) >= 11 is 0. The number of nitrogens with one attached hydrogen (secondary N) is 1. The number of pyridine rings is 2. The monoisotopic (exact) mass is 370 g/mol. The molecule has 2 aromatic heterocycles. The second-order valence-corrected chi connectivity index (χ2v) is 5.04. The number of amides is 1. The molecule has 24 heavy (non-hydrogen) atoms. The molecule has 0 atom stereocenters. The van der Waals surface area contributed by atoms with Crippen LogP contribution in [0.5, 0.6) is 5.75 Å². The number of hydrogen-bond acceptors (Lipinski definition) is 5. The van der Waals surface area contributed by atoms with Crippen LogP contribution in [0.4, 0.5) is 0 Å². The molecule has 1 saturated heterocycles. The summed E-state index contributed by atoms with van der Waals surface area (Å²) in [4.78, 5) is 22.6. The average Bonchev–Trinajstić information content (AvgIpc) is 2.61. The highest BCUT2D eigenvalue weighted by molar-refractivity contribution is 5.95. The number of rotatable bonds is 4. The lowest BCUT2D eigenvalue weighted by Crippen LogP contribution is -2.46. The van der Waals surface area contributed by atoms with E-state index in [4.69, 9.17) is 4.74 Å². The van der Waals surface area contributed by atoms with Gasteiger partial charge in [0, 0.05) is 44.8 Å². The Hall–Kier alpha value is -1.89. The number of hydrogen-bond donors (Lipinski definition) is 1. The molecule has 0 bridgehead atoms. The van der Waals surface area contributed by atoms with Crippen LogP contribution in [0.3, 0.4) is 0 Å². The Morgan fingerprint density at radius 1 is 1.12 bits per heavy atom. The minimum atomic E-state index is -0.0770. The summed E-state index contributed by atoms with van der Waals surface area (Å²) in [6, 6.07) is 7.32. The zero-order valence-electron chi connectivity index (χ0n) is 13.1. The molecule has 0 unspecified atom stereocenters. The second kappa shape index (κ2) is 10.1. The number of carbonyl (C=O) groups is 1. The van der Waals surface area contributed by atoms with Crippen LogP contribution in [-0.4, -0.2) is 47.0 Å². The van der Waals surface area contributed by atoms with E-state index in [1.807, 2.05) is 12.1 Å². The Bertz CT molecular complexity index is 637. The van der Waals surface area contributed by atoms with Crippen molar-refractivity contribution in [2.75, 3.05) is 26.2 Å². The third-order valence-corrected chi connectivity index (χ3v) is 3.52. The fourth-order valence-electron chi connectivity index (χ4n) is 2.33. The SMILES string of the molecule is Cl.Cl.O=C(c1ncccc1OCc1ccncc1)N1CCNCC1. The lowest BCUT2D eigenvalue weighted by Gasteiger charge is -2.27. The molecule has 1 aliphatic heterocycles.